The van der Waals surface area contributed by atoms with Gasteiger partial charge >= 0.3 is 0 Å². The molecule has 0 saturated heterocycles. The summed E-state index contributed by atoms with van der Waals surface area (Å²) in [6.07, 6.45) is 0.441. The maximum absolute atomic E-state index is 11.7. The average Bonchev–Trinajstić information content (AvgIpc) is 2.68. The quantitative estimate of drug-likeness (QED) is 0.877. The molecule has 2 N–H and O–H groups in total. The van der Waals surface area contributed by atoms with Crippen LogP contribution in [0.4, 0.5) is 5.13 Å². The highest BCUT2D eigenvalue weighted by Crippen LogP contribution is 2.28. The van der Waals surface area contributed by atoms with Gasteiger partial charge < -0.3 is 10.6 Å². The molecule has 108 valence electrons. The Morgan fingerprint density at radius 2 is 2.15 bits per heavy atom. The van der Waals surface area contributed by atoms with E-state index < -0.39 is 0 Å². The molecular weight excluding hydrogens is 338 g/mol. The highest BCUT2D eigenvalue weighted by Gasteiger charge is 2.13. The third-order valence-electron chi connectivity index (χ3n) is 2.49. The minimum absolute atomic E-state index is 0.0499. The van der Waals surface area contributed by atoms with E-state index in [2.05, 4.69) is 31.5 Å². The van der Waals surface area contributed by atoms with Gasteiger partial charge in [0, 0.05) is 23.0 Å². The van der Waals surface area contributed by atoms with Crippen molar-refractivity contribution in [2.45, 2.75) is 32.7 Å². The number of hydrogen-bond acceptors (Lipinski definition) is 4. The molecule has 0 radical (unpaired) electrons. The second-order valence-corrected chi connectivity index (χ2v) is 7.55. The van der Waals surface area contributed by atoms with E-state index in [0.717, 1.165) is 19.8 Å². The normalized spacial score (nSPS) is 11.6. The van der Waals surface area contributed by atoms with Gasteiger partial charge in [0.25, 0.3) is 0 Å². The Morgan fingerprint density at radius 3 is 2.85 bits per heavy atom. The Hall–Kier alpha value is -1.14. The molecular formula is C14H18BrN3OS. The fourth-order valence-corrected chi connectivity index (χ4v) is 2.96. The molecule has 1 amide bonds. The van der Waals surface area contributed by atoms with Crippen LogP contribution in [0.1, 0.15) is 27.2 Å². The van der Waals surface area contributed by atoms with Crippen LogP contribution in [-0.4, -0.2) is 23.0 Å². The predicted octanol–water partition coefficient (Wildman–Crippen LogP) is 3.78. The molecule has 1 aromatic heterocycles. The number of anilines is 1. The molecule has 6 heteroatoms. The molecule has 0 aliphatic carbocycles. The Morgan fingerprint density at radius 1 is 1.40 bits per heavy atom. The van der Waals surface area contributed by atoms with Crippen LogP contribution in [0.3, 0.4) is 0 Å². The van der Waals surface area contributed by atoms with E-state index in [4.69, 9.17) is 0 Å². The Balaban J connectivity index is 1.88. The fourth-order valence-electron chi connectivity index (χ4n) is 1.74. The zero-order valence-corrected chi connectivity index (χ0v) is 14.2. The van der Waals surface area contributed by atoms with Crippen molar-refractivity contribution >= 4 is 48.5 Å². The third kappa shape index (κ3) is 4.45. The average molecular weight is 356 g/mol. The summed E-state index contributed by atoms with van der Waals surface area (Å²) >= 11 is 5.03. The van der Waals surface area contributed by atoms with Gasteiger partial charge in [-0.15, -0.1) is 0 Å². The molecule has 2 rings (SSSR count). The summed E-state index contributed by atoms with van der Waals surface area (Å²) in [6.45, 7) is 6.51. The van der Waals surface area contributed by atoms with E-state index in [1.807, 2.05) is 39.0 Å². The molecule has 20 heavy (non-hydrogen) atoms. The van der Waals surface area contributed by atoms with Crippen LogP contribution < -0.4 is 10.6 Å². The van der Waals surface area contributed by atoms with Crippen LogP contribution in [0.5, 0.6) is 0 Å². The third-order valence-corrected chi connectivity index (χ3v) is 3.98. The number of carbonyl (C=O) groups excluding carboxylic acids is 1. The molecule has 1 aromatic carbocycles. The number of aromatic nitrogens is 1. The standard InChI is InChI=1S/C14H18BrN3OS/c1-14(2,3)18-12(19)6-7-16-13-17-10-8-9(15)4-5-11(10)20-13/h4-5,8H,6-7H2,1-3H3,(H,16,17)(H,18,19). The molecule has 0 fully saturated rings. The lowest BCUT2D eigenvalue weighted by molar-refractivity contribution is -0.122. The van der Waals surface area contributed by atoms with Crippen molar-refractivity contribution in [3.05, 3.63) is 22.7 Å². The van der Waals surface area contributed by atoms with Gasteiger partial charge in [-0.1, -0.05) is 27.3 Å². The maximum Gasteiger partial charge on any atom is 0.222 e. The summed E-state index contributed by atoms with van der Waals surface area (Å²) in [7, 11) is 0. The molecule has 0 bridgehead atoms. The first-order valence-electron chi connectivity index (χ1n) is 6.44. The Bertz CT molecular complexity index is 618. The van der Waals surface area contributed by atoms with Crippen molar-refractivity contribution in [2.75, 3.05) is 11.9 Å². The van der Waals surface area contributed by atoms with E-state index in [-0.39, 0.29) is 11.4 Å². The maximum atomic E-state index is 11.7. The zero-order chi connectivity index (χ0) is 14.8. The van der Waals surface area contributed by atoms with Crippen molar-refractivity contribution in [3.8, 4) is 0 Å². The summed E-state index contributed by atoms with van der Waals surface area (Å²) in [5.74, 6) is 0.0499. The van der Waals surface area contributed by atoms with Crippen LogP contribution in [0.25, 0.3) is 10.2 Å². The van der Waals surface area contributed by atoms with Gasteiger partial charge in [0.05, 0.1) is 10.2 Å². The minimum atomic E-state index is -0.181. The number of thiazole rings is 1. The zero-order valence-electron chi connectivity index (χ0n) is 11.8. The molecule has 0 aliphatic rings. The lowest BCUT2D eigenvalue weighted by Gasteiger charge is -2.20. The fraction of sp³-hybridized carbons (Fsp3) is 0.429. The molecule has 0 spiro atoms. The second-order valence-electron chi connectivity index (χ2n) is 5.61. The van der Waals surface area contributed by atoms with Crippen molar-refractivity contribution < 1.29 is 4.79 Å². The molecule has 0 aliphatic heterocycles. The van der Waals surface area contributed by atoms with Crippen LogP contribution in [-0.2, 0) is 4.79 Å². The van der Waals surface area contributed by atoms with Crippen molar-refractivity contribution in [2.24, 2.45) is 0 Å². The van der Waals surface area contributed by atoms with Gasteiger partial charge in [-0.2, -0.15) is 0 Å². The van der Waals surface area contributed by atoms with Gasteiger partial charge in [0.1, 0.15) is 0 Å². The van der Waals surface area contributed by atoms with Gasteiger partial charge in [-0.05, 0) is 39.0 Å². The van der Waals surface area contributed by atoms with Gasteiger partial charge in [-0.25, -0.2) is 4.98 Å². The van der Waals surface area contributed by atoms with Gasteiger partial charge in [0.2, 0.25) is 5.91 Å². The van der Waals surface area contributed by atoms with Crippen LogP contribution >= 0.6 is 27.3 Å². The smallest absolute Gasteiger partial charge is 0.222 e. The first-order valence-corrected chi connectivity index (χ1v) is 8.05. The summed E-state index contributed by atoms with van der Waals surface area (Å²) in [5.41, 5.74) is 0.783. The van der Waals surface area contributed by atoms with Crippen molar-refractivity contribution in [3.63, 3.8) is 0 Å². The van der Waals surface area contributed by atoms with Crippen molar-refractivity contribution in [1.82, 2.24) is 10.3 Å². The van der Waals surface area contributed by atoms with E-state index >= 15 is 0 Å². The van der Waals surface area contributed by atoms with E-state index in [0.29, 0.717) is 13.0 Å². The SMILES string of the molecule is CC(C)(C)NC(=O)CCNc1nc2cc(Br)ccc2s1. The number of fused-ring (bicyclic) bond motifs is 1. The highest BCUT2D eigenvalue weighted by atomic mass is 79.9. The topological polar surface area (TPSA) is 54.0 Å². The molecule has 0 unspecified atom stereocenters. The van der Waals surface area contributed by atoms with Crippen molar-refractivity contribution in [1.29, 1.82) is 0 Å². The lowest BCUT2D eigenvalue weighted by Crippen LogP contribution is -2.41. The van der Waals surface area contributed by atoms with Gasteiger partial charge in [0.15, 0.2) is 5.13 Å². The number of hydrogen-bond donors (Lipinski definition) is 2. The van der Waals surface area contributed by atoms with Gasteiger partial charge in [-0.3, -0.25) is 4.79 Å². The molecule has 0 atom stereocenters. The molecule has 4 nitrogen and oxygen atoms in total. The van der Waals surface area contributed by atoms with Crippen LogP contribution in [0.2, 0.25) is 0 Å². The Kier molecular flexibility index (Phi) is 4.65. The summed E-state index contributed by atoms with van der Waals surface area (Å²) in [6, 6.07) is 6.03. The molecule has 0 saturated carbocycles. The van der Waals surface area contributed by atoms with E-state index in [9.17, 15) is 4.79 Å². The number of nitrogens with one attached hydrogen (secondary N) is 2. The monoisotopic (exact) mass is 355 g/mol. The highest BCUT2D eigenvalue weighted by molar-refractivity contribution is 9.10. The largest absolute Gasteiger partial charge is 0.361 e. The molecule has 2 aromatic rings. The number of halogens is 1. The van der Waals surface area contributed by atoms with Crippen LogP contribution in [0.15, 0.2) is 22.7 Å². The summed E-state index contributed by atoms with van der Waals surface area (Å²) in [5, 5.41) is 6.99. The van der Waals surface area contributed by atoms with E-state index in [1.54, 1.807) is 11.3 Å². The second kappa shape index (κ2) is 6.10. The summed E-state index contributed by atoms with van der Waals surface area (Å²) < 4.78 is 2.15. The number of benzene rings is 1. The van der Waals surface area contributed by atoms with E-state index in [1.165, 1.54) is 0 Å². The minimum Gasteiger partial charge on any atom is -0.361 e. The number of amides is 1. The number of carbonyl (C=O) groups is 1. The number of rotatable bonds is 4. The summed E-state index contributed by atoms with van der Waals surface area (Å²) in [4.78, 5) is 16.2. The lowest BCUT2D eigenvalue weighted by atomic mass is 10.1. The van der Waals surface area contributed by atoms with Crippen LogP contribution in [0, 0.1) is 0 Å². The first kappa shape index (κ1) is 15.3. The number of nitrogens with zero attached hydrogens (tertiary/aromatic N) is 1. The predicted molar refractivity (Wildman–Crippen MR) is 88.3 cm³/mol. The Labute approximate surface area is 131 Å². The molecule has 1 heterocycles. The first-order chi connectivity index (χ1) is 9.33.